The first-order valence-corrected chi connectivity index (χ1v) is 6.65. The third kappa shape index (κ3) is 4.12. The average Bonchev–Trinajstić information content (AvgIpc) is 2.46. The van der Waals surface area contributed by atoms with Crippen molar-refractivity contribution >= 4 is 11.9 Å². The van der Waals surface area contributed by atoms with E-state index in [1.165, 1.54) is 6.92 Å². The van der Waals surface area contributed by atoms with Gasteiger partial charge in [-0.1, -0.05) is 0 Å². The molecular formula is C12H21NO9. The van der Waals surface area contributed by atoms with Gasteiger partial charge in [0.2, 0.25) is 5.91 Å². The van der Waals surface area contributed by atoms with Gasteiger partial charge >= 0.3 is 5.97 Å². The number of amides is 1. The van der Waals surface area contributed by atoms with Gasteiger partial charge in [-0.3, -0.25) is 4.79 Å². The van der Waals surface area contributed by atoms with Gasteiger partial charge < -0.3 is 40.7 Å². The fourth-order valence-corrected chi connectivity index (χ4v) is 2.29. The van der Waals surface area contributed by atoms with E-state index < -0.39 is 61.0 Å². The van der Waals surface area contributed by atoms with Crippen molar-refractivity contribution < 1.29 is 45.0 Å². The summed E-state index contributed by atoms with van der Waals surface area (Å²) in [5.41, 5.74) is 0. The fourth-order valence-electron chi connectivity index (χ4n) is 2.29. The molecule has 0 spiro atoms. The maximum Gasteiger partial charge on any atom is 0.364 e. The topological polar surface area (TPSA) is 177 Å². The third-order valence-electron chi connectivity index (χ3n) is 3.55. The van der Waals surface area contributed by atoms with Crippen LogP contribution in [-0.2, 0) is 14.3 Å². The lowest BCUT2D eigenvalue weighted by Gasteiger charge is -2.44. The average molecular weight is 323 g/mol. The number of nitrogens with one attached hydrogen (secondary N) is 1. The molecule has 128 valence electrons. The molecule has 6 atom stereocenters. The maximum atomic E-state index is 11.1. The number of aliphatic carboxylic acids is 1. The molecule has 0 unspecified atom stereocenters. The fraction of sp³-hybridized carbons (Fsp3) is 0.833. The maximum absolute atomic E-state index is 11.1. The van der Waals surface area contributed by atoms with Crippen molar-refractivity contribution in [3.63, 3.8) is 0 Å². The Hall–Kier alpha value is -1.30. The second-order valence-corrected chi connectivity index (χ2v) is 5.30. The Kier molecular flexibility index (Phi) is 6.23. The molecule has 1 aliphatic heterocycles. The van der Waals surface area contributed by atoms with E-state index in [0.29, 0.717) is 0 Å². The molecule has 10 nitrogen and oxygen atoms in total. The minimum Gasteiger partial charge on any atom is -0.477 e. The largest absolute Gasteiger partial charge is 0.477 e. The minimum absolute atomic E-state index is 0.159. The van der Waals surface area contributed by atoms with Crippen molar-refractivity contribution in [1.82, 2.24) is 5.32 Å². The summed E-state index contributed by atoms with van der Waals surface area (Å²) < 4.78 is 4.84. The number of hydrogen-bond donors (Lipinski definition) is 7. The van der Waals surface area contributed by atoms with E-state index >= 15 is 0 Å². The van der Waals surface area contributed by atoms with Crippen LogP contribution in [0.3, 0.4) is 0 Å². The van der Waals surface area contributed by atoms with Gasteiger partial charge in [-0.05, 0) is 0 Å². The van der Waals surface area contributed by atoms with Crippen LogP contribution in [0.25, 0.3) is 0 Å². The van der Waals surface area contributed by atoms with Crippen molar-refractivity contribution in [2.75, 3.05) is 13.2 Å². The summed E-state index contributed by atoms with van der Waals surface area (Å²) in [4.78, 5) is 22.1. The van der Waals surface area contributed by atoms with Crippen molar-refractivity contribution in [3.8, 4) is 0 Å². The van der Waals surface area contributed by atoms with Gasteiger partial charge in [0.1, 0.15) is 18.3 Å². The van der Waals surface area contributed by atoms with E-state index in [2.05, 4.69) is 5.32 Å². The van der Waals surface area contributed by atoms with E-state index in [1.807, 2.05) is 0 Å². The summed E-state index contributed by atoms with van der Waals surface area (Å²) >= 11 is 0. The summed E-state index contributed by atoms with van der Waals surface area (Å²) in [5.74, 6) is -5.79. The molecule has 1 saturated heterocycles. The Morgan fingerprint density at radius 2 is 2.00 bits per heavy atom. The molecule has 0 aromatic carbocycles. The molecule has 0 aromatic rings. The first kappa shape index (κ1) is 18.7. The first-order chi connectivity index (χ1) is 10.1. The van der Waals surface area contributed by atoms with Crippen molar-refractivity contribution in [2.45, 2.75) is 43.5 Å². The first-order valence-electron chi connectivity index (χ1n) is 6.65. The predicted molar refractivity (Wildman–Crippen MR) is 69.4 cm³/mol. The van der Waals surface area contributed by atoms with Gasteiger partial charge in [-0.25, -0.2) is 4.79 Å². The van der Waals surface area contributed by atoms with E-state index in [1.54, 1.807) is 0 Å². The number of hydrogen-bond acceptors (Lipinski definition) is 8. The number of rotatable bonds is 6. The molecule has 0 bridgehead atoms. The Morgan fingerprint density at radius 3 is 2.45 bits per heavy atom. The molecular weight excluding hydrogens is 302 g/mol. The number of ether oxygens (including phenoxy) is 1. The molecule has 10 heteroatoms. The smallest absolute Gasteiger partial charge is 0.364 e. The van der Waals surface area contributed by atoms with Crippen molar-refractivity contribution in [1.29, 1.82) is 0 Å². The third-order valence-corrected chi connectivity index (χ3v) is 3.55. The molecule has 0 radical (unpaired) electrons. The van der Waals surface area contributed by atoms with Crippen LogP contribution >= 0.6 is 0 Å². The monoisotopic (exact) mass is 323 g/mol. The highest BCUT2D eigenvalue weighted by atomic mass is 16.7. The highest BCUT2D eigenvalue weighted by Crippen LogP contribution is 2.33. The summed E-state index contributed by atoms with van der Waals surface area (Å²) in [6.45, 7) is 0.209. The number of carbonyl (C=O) groups is 2. The zero-order chi connectivity index (χ0) is 17.1. The zero-order valence-electron chi connectivity index (χ0n) is 11.9. The van der Waals surface area contributed by atoms with Crippen molar-refractivity contribution in [2.24, 2.45) is 5.92 Å². The van der Waals surface area contributed by atoms with Gasteiger partial charge in [0.15, 0.2) is 0 Å². The molecule has 1 rings (SSSR count). The molecule has 7 N–H and O–H groups in total. The highest BCUT2D eigenvalue weighted by molar-refractivity contribution is 5.75. The second kappa shape index (κ2) is 7.31. The van der Waals surface area contributed by atoms with Crippen LogP contribution in [0.5, 0.6) is 0 Å². The van der Waals surface area contributed by atoms with E-state index in [0.717, 1.165) is 0 Å². The molecule has 1 aliphatic rings. The Balaban J connectivity index is 2.99. The lowest BCUT2D eigenvalue weighted by molar-refractivity contribution is -0.305. The van der Waals surface area contributed by atoms with Gasteiger partial charge in [0.05, 0.1) is 12.7 Å². The SMILES string of the molecule is CC(=O)NC[C@H]1C[C@@](O)(C(=O)O)O[C@@H]([C@H](O)[C@H](O)CO)[C@@H]1O. The molecule has 22 heavy (non-hydrogen) atoms. The standard InChI is InChI=1S/C12H21NO9/c1-5(15)13-3-6-2-12(21,11(19)20)22-10(8(6)17)9(18)7(16)4-14/h6-10,14,16-18,21H,2-4H2,1H3,(H,13,15)(H,19,20)/t6-,7-,8-,9-,10-,12+/m1/s1. The predicted octanol–water partition coefficient (Wildman–Crippen LogP) is -3.62. The number of carboxylic acids is 1. The van der Waals surface area contributed by atoms with E-state index in [9.17, 15) is 30.0 Å². The van der Waals surface area contributed by atoms with E-state index in [-0.39, 0.29) is 6.54 Å². The van der Waals surface area contributed by atoms with Crippen LogP contribution in [0.15, 0.2) is 0 Å². The number of aliphatic hydroxyl groups is 5. The van der Waals surface area contributed by atoms with Gasteiger partial charge in [-0.2, -0.15) is 0 Å². The normalized spacial score (nSPS) is 34.7. The van der Waals surface area contributed by atoms with Crippen LogP contribution in [0.2, 0.25) is 0 Å². The quantitative estimate of drug-likeness (QED) is 0.260. The minimum atomic E-state index is -2.69. The number of carbonyl (C=O) groups excluding carboxylic acids is 1. The molecule has 0 aromatic heterocycles. The van der Waals surface area contributed by atoms with Crippen LogP contribution < -0.4 is 5.32 Å². The zero-order valence-corrected chi connectivity index (χ0v) is 11.9. The molecule has 1 fully saturated rings. The van der Waals surface area contributed by atoms with Crippen LogP contribution in [-0.4, -0.2) is 85.9 Å². The van der Waals surface area contributed by atoms with Crippen LogP contribution in [0, 0.1) is 5.92 Å². The Labute approximate surface area is 125 Å². The van der Waals surface area contributed by atoms with Crippen molar-refractivity contribution in [3.05, 3.63) is 0 Å². The highest BCUT2D eigenvalue weighted by Gasteiger charge is 2.53. The second-order valence-electron chi connectivity index (χ2n) is 5.30. The number of carboxylic acid groups (broad SMARTS) is 1. The van der Waals surface area contributed by atoms with Crippen LogP contribution in [0.4, 0.5) is 0 Å². The summed E-state index contributed by atoms with van der Waals surface area (Å²) in [5, 5.41) is 59.6. The molecule has 0 aliphatic carbocycles. The summed E-state index contributed by atoms with van der Waals surface area (Å²) in [6, 6.07) is 0. The van der Waals surface area contributed by atoms with E-state index in [4.69, 9.17) is 14.9 Å². The van der Waals surface area contributed by atoms with Gasteiger partial charge in [0, 0.05) is 25.8 Å². The van der Waals surface area contributed by atoms with Gasteiger partial charge in [-0.15, -0.1) is 0 Å². The summed E-state index contributed by atoms with van der Waals surface area (Å²) in [6.07, 6.45) is -7.18. The molecule has 0 saturated carbocycles. The Bertz CT molecular complexity index is 417. The lowest BCUT2D eigenvalue weighted by atomic mass is 9.84. The van der Waals surface area contributed by atoms with Gasteiger partial charge in [0.25, 0.3) is 5.79 Å². The molecule has 1 heterocycles. The Morgan fingerprint density at radius 1 is 1.41 bits per heavy atom. The lowest BCUT2D eigenvalue weighted by Crippen LogP contribution is -2.62. The number of aliphatic hydroxyl groups excluding tert-OH is 4. The summed E-state index contributed by atoms with van der Waals surface area (Å²) in [7, 11) is 0. The van der Waals surface area contributed by atoms with Crippen LogP contribution in [0.1, 0.15) is 13.3 Å². The molecule has 1 amide bonds.